The fourth-order valence-corrected chi connectivity index (χ4v) is 2.66. The van der Waals surface area contributed by atoms with E-state index < -0.39 is 5.97 Å². The molecule has 0 atom stereocenters. The Morgan fingerprint density at radius 3 is 2.35 bits per heavy atom. The molecule has 1 N–H and O–H groups in total. The van der Waals surface area contributed by atoms with Crippen LogP contribution in [0.15, 0.2) is 77.9 Å². The largest absolute Gasteiger partial charge is 0.497 e. The quantitative estimate of drug-likeness (QED) is 0.258. The fourth-order valence-electron chi connectivity index (χ4n) is 2.66. The molecule has 3 aromatic rings. The van der Waals surface area contributed by atoms with Crippen LogP contribution in [0.5, 0.6) is 17.2 Å². The molecule has 3 aromatic carbocycles. The second kappa shape index (κ2) is 10.6. The van der Waals surface area contributed by atoms with E-state index in [0.29, 0.717) is 40.5 Å². The van der Waals surface area contributed by atoms with Gasteiger partial charge in [0.2, 0.25) is 0 Å². The maximum absolute atomic E-state index is 12.3. The van der Waals surface area contributed by atoms with E-state index in [1.807, 2.05) is 13.0 Å². The molecule has 0 aliphatic rings. The summed E-state index contributed by atoms with van der Waals surface area (Å²) in [7, 11) is 1.56. The van der Waals surface area contributed by atoms with Crippen molar-refractivity contribution in [3.63, 3.8) is 0 Å². The van der Waals surface area contributed by atoms with Crippen molar-refractivity contribution in [3.05, 3.63) is 89.5 Å². The summed E-state index contributed by atoms with van der Waals surface area (Å²) in [6.07, 6.45) is 1.48. The van der Waals surface area contributed by atoms with E-state index >= 15 is 0 Å². The average molecular weight is 418 g/mol. The van der Waals surface area contributed by atoms with Crippen LogP contribution in [-0.2, 0) is 0 Å². The molecule has 3 rings (SSSR count). The van der Waals surface area contributed by atoms with Crippen molar-refractivity contribution in [2.24, 2.45) is 5.10 Å². The van der Waals surface area contributed by atoms with Gasteiger partial charge in [0, 0.05) is 5.56 Å². The molecular formula is C24H22N2O5. The molecular weight excluding hydrogens is 396 g/mol. The van der Waals surface area contributed by atoms with Gasteiger partial charge in [-0.3, -0.25) is 4.79 Å². The molecule has 0 heterocycles. The normalized spacial score (nSPS) is 10.5. The number of hydrogen-bond donors (Lipinski definition) is 1. The van der Waals surface area contributed by atoms with Crippen molar-refractivity contribution in [1.29, 1.82) is 0 Å². The van der Waals surface area contributed by atoms with Gasteiger partial charge in [0.15, 0.2) is 11.5 Å². The summed E-state index contributed by atoms with van der Waals surface area (Å²) in [4.78, 5) is 24.5. The van der Waals surface area contributed by atoms with Crippen LogP contribution in [0, 0.1) is 0 Å². The number of ether oxygens (including phenoxy) is 3. The number of amides is 1. The van der Waals surface area contributed by atoms with Gasteiger partial charge in [-0.1, -0.05) is 18.2 Å². The third-order valence-corrected chi connectivity index (χ3v) is 4.21. The maximum Gasteiger partial charge on any atom is 0.343 e. The summed E-state index contributed by atoms with van der Waals surface area (Å²) in [5, 5.41) is 3.98. The first kappa shape index (κ1) is 21.6. The molecule has 0 saturated carbocycles. The Balaban J connectivity index is 1.68. The van der Waals surface area contributed by atoms with Crippen LogP contribution < -0.4 is 19.6 Å². The number of esters is 1. The highest BCUT2D eigenvalue weighted by Gasteiger charge is 2.13. The van der Waals surface area contributed by atoms with E-state index in [2.05, 4.69) is 10.5 Å². The second-order valence-electron chi connectivity index (χ2n) is 6.32. The Morgan fingerprint density at radius 1 is 0.935 bits per heavy atom. The Hall–Kier alpha value is -4.13. The highest BCUT2D eigenvalue weighted by atomic mass is 16.6. The van der Waals surface area contributed by atoms with Crippen molar-refractivity contribution in [3.8, 4) is 17.2 Å². The van der Waals surface area contributed by atoms with Gasteiger partial charge in [0.1, 0.15) is 5.75 Å². The molecule has 0 spiro atoms. The standard InChI is InChI=1S/C24H22N2O5/c1-3-30-22-15-17(9-14-21(22)31-24(28)19-7-5-4-6-8-19)16-25-26-23(27)18-10-12-20(29-2)13-11-18/h4-16H,3H2,1-2H3,(H,26,27)/b25-16-. The van der Waals surface area contributed by atoms with Crippen molar-refractivity contribution < 1.29 is 23.8 Å². The number of hydrogen-bond acceptors (Lipinski definition) is 6. The Morgan fingerprint density at radius 2 is 1.68 bits per heavy atom. The highest BCUT2D eigenvalue weighted by Crippen LogP contribution is 2.29. The molecule has 31 heavy (non-hydrogen) atoms. The van der Waals surface area contributed by atoms with Gasteiger partial charge in [-0.2, -0.15) is 5.10 Å². The van der Waals surface area contributed by atoms with E-state index in [-0.39, 0.29) is 5.91 Å². The van der Waals surface area contributed by atoms with Crippen LogP contribution in [0.2, 0.25) is 0 Å². The number of nitrogens with one attached hydrogen (secondary N) is 1. The number of rotatable bonds is 8. The fraction of sp³-hybridized carbons (Fsp3) is 0.125. The molecule has 0 aliphatic heterocycles. The minimum atomic E-state index is -0.477. The zero-order valence-corrected chi connectivity index (χ0v) is 17.2. The highest BCUT2D eigenvalue weighted by molar-refractivity contribution is 5.95. The van der Waals surface area contributed by atoms with Crippen LogP contribution in [0.3, 0.4) is 0 Å². The van der Waals surface area contributed by atoms with Crippen LogP contribution in [0.4, 0.5) is 0 Å². The van der Waals surface area contributed by atoms with E-state index in [1.165, 1.54) is 6.21 Å². The summed E-state index contributed by atoms with van der Waals surface area (Å²) in [5.74, 6) is 0.538. The average Bonchev–Trinajstić information content (AvgIpc) is 2.81. The molecule has 0 unspecified atom stereocenters. The lowest BCUT2D eigenvalue weighted by atomic mass is 10.2. The van der Waals surface area contributed by atoms with Crippen molar-refractivity contribution in [2.75, 3.05) is 13.7 Å². The van der Waals surface area contributed by atoms with Crippen LogP contribution >= 0.6 is 0 Å². The summed E-state index contributed by atoms with van der Waals surface area (Å²) in [6, 6.07) is 20.4. The molecule has 0 aromatic heterocycles. The van der Waals surface area contributed by atoms with Gasteiger partial charge < -0.3 is 14.2 Å². The molecule has 1 amide bonds. The van der Waals surface area contributed by atoms with Crippen LogP contribution in [0.1, 0.15) is 33.2 Å². The number of nitrogens with zero attached hydrogens (tertiary/aromatic N) is 1. The van der Waals surface area contributed by atoms with Crippen LogP contribution in [-0.4, -0.2) is 31.8 Å². The molecule has 0 radical (unpaired) electrons. The van der Waals surface area contributed by atoms with E-state index in [4.69, 9.17) is 14.2 Å². The zero-order valence-electron chi connectivity index (χ0n) is 17.2. The number of carbonyl (C=O) groups excluding carboxylic acids is 2. The second-order valence-corrected chi connectivity index (χ2v) is 6.32. The number of hydrazone groups is 1. The summed E-state index contributed by atoms with van der Waals surface area (Å²) < 4.78 is 16.1. The molecule has 158 valence electrons. The molecule has 0 bridgehead atoms. The smallest absolute Gasteiger partial charge is 0.343 e. The van der Waals surface area contributed by atoms with Gasteiger partial charge in [-0.05, 0) is 67.1 Å². The predicted octanol–water partition coefficient (Wildman–Crippen LogP) is 4.08. The zero-order chi connectivity index (χ0) is 22.1. The first-order chi connectivity index (χ1) is 15.1. The third-order valence-electron chi connectivity index (χ3n) is 4.21. The minimum absolute atomic E-state index is 0.301. The Bertz CT molecular complexity index is 1060. The van der Waals surface area contributed by atoms with Crippen LogP contribution in [0.25, 0.3) is 0 Å². The molecule has 7 heteroatoms. The molecule has 0 saturated heterocycles. The lowest BCUT2D eigenvalue weighted by Crippen LogP contribution is -2.17. The van der Waals surface area contributed by atoms with Gasteiger partial charge in [0.05, 0.1) is 25.5 Å². The first-order valence-corrected chi connectivity index (χ1v) is 9.62. The van der Waals surface area contributed by atoms with E-state index in [9.17, 15) is 9.59 Å². The van der Waals surface area contributed by atoms with Gasteiger partial charge in [-0.25, -0.2) is 10.2 Å². The van der Waals surface area contributed by atoms with Crippen molar-refractivity contribution in [1.82, 2.24) is 5.43 Å². The van der Waals surface area contributed by atoms with Gasteiger partial charge >= 0.3 is 5.97 Å². The third kappa shape index (κ3) is 5.93. The van der Waals surface area contributed by atoms with Gasteiger partial charge in [-0.15, -0.1) is 0 Å². The number of benzene rings is 3. The lowest BCUT2D eigenvalue weighted by Gasteiger charge is -2.11. The first-order valence-electron chi connectivity index (χ1n) is 9.62. The van der Waals surface area contributed by atoms with Gasteiger partial charge in [0.25, 0.3) is 5.91 Å². The molecule has 0 fully saturated rings. The minimum Gasteiger partial charge on any atom is -0.497 e. The summed E-state index contributed by atoms with van der Waals surface area (Å²) in [5.41, 5.74) is 4.03. The SMILES string of the molecule is CCOc1cc(/C=N\NC(=O)c2ccc(OC)cc2)ccc1OC(=O)c1ccccc1. The Labute approximate surface area is 180 Å². The Kier molecular flexibility index (Phi) is 7.37. The predicted molar refractivity (Wildman–Crippen MR) is 117 cm³/mol. The topological polar surface area (TPSA) is 86.2 Å². The maximum atomic E-state index is 12.3. The number of methoxy groups -OCH3 is 1. The lowest BCUT2D eigenvalue weighted by molar-refractivity contribution is 0.0728. The molecule has 0 aliphatic carbocycles. The summed E-state index contributed by atoms with van der Waals surface area (Å²) >= 11 is 0. The van der Waals surface area contributed by atoms with Crippen molar-refractivity contribution >= 4 is 18.1 Å². The molecule has 7 nitrogen and oxygen atoms in total. The van der Waals surface area contributed by atoms with E-state index in [0.717, 1.165) is 0 Å². The van der Waals surface area contributed by atoms with Crippen molar-refractivity contribution in [2.45, 2.75) is 6.92 Å². The number of carbonyl (C=O) groups is 2. The monoisotopic (exact) mass is 418 g/mol. The summed E-state index contributed by atoms with van der Waals surface area (Å²) in [6.45, 7) is 2.23. The van der Waals surface area contributed by atoms with E-state index in [1.54, 1.807) is 73.8 Å².